The van der Waals surface area contributed by atoms with Crippen LogP contribution in [0, 0.1) is 13.8 Å². The van der Waals surface area contributed by atoms with Crippen molar-refractivity contribution in [2.75, 3.05) is 5.32 Å². The van der Waals surface area contributed by atoms with Crippen LogP contribution in [0.2, 0.25) is 0 Å². The number of aromatic nitrogens is 2. The maximum absolute atomic E-state index is 12.5. The quantitative estimate of drug-likeness (QED) is 0.782. The van der Waals surface area contributed by atoms with Gasteiger partial charge in [-0.2, -0.15) is 5.10 Å². The van der Waals surface area contributed by atoms with E-state index in [-0.39, 0.29) is 11.5 Å². The average Bonchev–Trinajstić information content (AvgIpc) is 2.64. The van der Waals surface area contributed by atoms with Crippen molar-refractivity contribution in [1.82, 2.24) is 9.78 Å². The molecule has 0 unspecified atom stereocenters. The van der Waals surface area contributed by atoms with Crippen LogP contribution in [-0.2, 0) is 4.79 Å². The van der Waals surface area contributed by atoms with E-state index in [1.54, 1.807) is 25.1 Å². The molecule has 1 N–H and O–H groups in total. The predicted molar refractivity (Wildman–Crippen MR) is 103 cm³/mol. The number of amides is 1. The highest BCUT2D eigenvalue weighted by Gasteiger charge is 2.18. The lowest BCUT2D eigenvalue weighted by Crippen LogP contribution is -2.33. The monoisotopic (exact) mass is 347 g/mol. The Kier molecular flexibility index (Phi) is 4.98. The molecule has 0 bridgehead atoms. The van der Waals surface area contributed by atoms with Gasteiger partial charge in [-0.3, -0.25) is 9.59 Å². The zero-order valence-electron chi connectivity index (χ0n) is 15.1. The minimum Gasteiger partial charge on any atom is -0.324 e. The number of carbonyl (C=O) groups excluding carboxylic acids is 1. The third kappa shape index (κ3) is 3.72. The summed E-state index contributed by atoms with van der Waals surface area (Å²) >= 11 is 0. The van der Waals surface area contributed by atoms with Crippen LogP contribution in [0.15, 0.2) is 65.5 Å². The predicted octanol–water partition coefficient (Wildman–Crippen LogP) is 3.73. The molecule has 0 saturated heterocycles. The van der Waals surface area contributed by atoms with Crippen LogP contribution in [0.4, 0.5) is 5.69 Å². The van der Waals surface area contributed by atoms with Gasteiger partial charge in [0.15, 0.2) is 0 Å². The summed E-state index contributed by atoms with van der Waals surface area (Å²) in [5.41, 5.74) is 4.17. The largest absolute Gasteiger partial charge is 0.324 e. The number of nitrogens with one attached hydrogen (secondary N) is 1. The number of carbonyl (C=O) groups is 1. The number of para-hydroxylation sites is 1. The molecular weight excluding hydrogens is 326 g/mol. The van der Waals surface area contributed by atoms with Crippen molar-refractivity contribution < 1.29 is 4.79 Å². The fourth-order valence-electron chi connectivity index (χ4n) is 2.74. The molecule has 2 aromatic carbocycles. The molecule has 0 aliphatic carbocycles. The van der Waals surface area contributed by atoms with E-state index in [9.17, 15) is 9.59 Å². The number of nitrogens with zero attached hydrogens (tertiary/aromatic N) is 2. The Morgan fingerprint density at radius 1 is 1.04 bits per heavy atom. The highest BCUT2D eigenvalue weighted by atomic mass is 16.2. The molecule has 3 aromatic rings. The Morgan fingerprint density at radius 2 is 1.77 bits per heavy atom. The second kappa shape index (κ2) is 7.35. The first-order chi connectivity index (χ1) is 12.5. The van der Waals surface area contributed by atoms with Gasteiger partial charge in [-0.15, -0.1) is 0 Å². The van der Waals surface area contributed by atoms with E-state index in [4.69, 9.17) is 0 Å². The van der Waals surface area contributed by atoms with Gasteiger partial charge in [-0.05, 0) is 50.6 Å². The first kappa shape index (κ1) is 17.6. The number of rotatable bonds is 4. The second-order valence-corrected chi connectivity index (χ2v) is 6.35. The van der Waals surface area contributed by atoms with Crippen molar-refractivity contribution in [1.29, 1.82) is 0 Å². The molecule has 1 atom stereocenters. The molecule has 1 amide bonds. The van der Waals surface area contributed by atoms with Crippen LogP contribution in [0.1, 0.15) is 24.1 Å². The lowest BCUT2D eigenvalue weighted by molar-refractivity contribution is -0.119. The Morgan fingerprint density at radius 3 is 2.50 bits per heavy atom. The molecule has 0 aliphatic heterocycles. The molecule has 5 nitrogen and oxygen atoms in total. The second-order valence-electron chi connectivity index (χ2n) is 6.35. The van der Waals surface area contributed by atoms with Crippen LogP contribution in [0.3, 0.4) is 0 Å². The fourth-order valence-corrected chi connectivity index (χ4v) is 2.74. The van der Waals surface area contributed by atoms with Gasteiger partial charge in [0, 0.05) is 17.3 Å². The summed E-state index contributed by atoms with van der Waals surface area (Å²) in [6, 6.07) is 17.7. The maximum Gasteiger partial charge on any atom is 0.267 e. The average molecular weight is 347 g/mol. The van der Waals surface area contributed by atoms with Gasteiger partial charge in [0.05, 0.1) is 5.69 Å². The highest BCUT2D eigenvalue weighted by Crippen LogP contribution is 2.22. The Balaban J connectivity index is 1.93. The van der Waals surface area contributed by atoms with Crippen LogP contribution < -0.4 is 10.9 Å². The molecule has 0 saturated carbocycles. The molecule has 26 heavy (non-hydrogen) atoms. The van der Waals surface area contributed by atoms with Crippen molar-refractivity contribution in [3.63, 3.8) is 0 Å². The minimum absolute atomic E-state index is 0.288. The van der Waals surface area contributed by atoms with E-state index in [0.717, 1.165) is 16.7 Å². The number of anilines is 1. The number of aryl methyl sites for hydroxylation is 2. The van der Waals surface area contributed by atoms with Crippen molar-refractivity contribution in [3.05, 3.63) is 82.1 Å². The molecular formula is C21H21N3O2. The molecule has 0 radical (unpaired) electrons. The first-order valence-corrected chi connectivity index (χ1v) is 8.49. The Labute approximate surface area is 152 Å². The minimum atomic E-state index is -0.729. The van der Waals surface area contributed by atoms with E-state index in [0.29, 0.717) is 11.4 Å². The number of benzene rings is 2. The van der Waals surface area contributed by atoms with E-state index < -0.39 is 6.04 Å². The Hall–Kier alpha value is -3.21. The normalized spacial score (nSPS) is 11.8. The van der Waals surface area contributed by atoms with Gasteiger partial charge >= 0.3 is 0 Å². The molecule has 0 aliphatic rings. The van der Waals surface area contributed by atoms with Crippen molar-refractivity contribution >= 4 is 11.6 Å². The summed E-state index contributed by atoms with van der Waals surface area (Å²) in [5.74, 6) is -0.288. The summed E-state index contributed by atoms with van der Waals surface area (Å²) in [4.78, 5) is 24.8. The van der Waals surface area contributed by atoms with Crippen LogP contribution in [0.5, 0.6) is 0 Å². The first-order valence-electron chi connectivity index (χ1n) is 8.49. The van der Waals surface area contributed by atoms with Crippen molar-refractivity contribution in [2.45, 2.75) is 26.8 Å². The summed E-state index contributed by atoms with van der Waals surface area (Å²) in [6.07, 6.45) is 0. The van der Waals surface area contributed by atoms with Crippen LogP contribution >= 0.6 is 0 Å². The third-order valence-electron chi connectivity index (χ3n) is 4.28. The highest BCUT2D eigenvalue weighted by molar-refractivity contribution is 5.93. The molecule has 1 heterocycles. The zero-order valence-corrected chi connectivity index (χ0v) is 15.1. The van der Waals surface area contributed by atoms with Crippen molar-refractivity contribution in [3.8, 4) is 11.3 Å². The molecule has 132 valence electrons. The van der Waals surface area contributed by atoms with E-state index in [1.165, 1.54) is 10.7 Å². The summed E-state index contributed by atoms with van der Waals surface area (Å²) in [6.45, 7) is 5.67. The van der Waals surface area contributed by atoms with Gasteiger partial charge in [0.2, 0.25) is 5.91 Å². The topological polar surface area (TPSA) is 64.0 Å². The summed E-state index contributed by atoms with van der Waals surface area (Å²) < 4.78 is 1.23. The van der Waals surface area contributed by atoms with Gasteiger partial charge in [-0.1, -0.05) is 35.9 Å². The lowest BCUT2D eigenvalue weighted by atomic mass is 10.0. The molecule has 0 spiro atoms. The van der Waals surface area contributed by atoms with Gasteiger partial charge < -0.3 is 5.32 Å². The van der Waals surface area contributed by atoms with Crippen molar-refractivity contribution in [2.24, 2.45) is 0 Å². The van der Waals surface area contributed by atoms with E-state index in [1.807, 2.05) is 50.2 Å². The fraction of sp³-hybridized carbons (Fsp3) is 0.190. The number of hydrogen-bond donors (Lipinski definition) is 1. The molecule has 3 rings (SSSR count). The van der Waals surface area contributed by atoms with E-state index in [2.05, 4.69) is 10.4 Å². The summed E-state index contributed by atoms with van der Waals surface area (Å²) in [7, 11) is 0. The molecule has 0 fully saturated rings. The molecule has 5 heteroatoms. The third-order valence-corrected chi connectivity index (χ3v) is 4.28. The van der Waals surface area contributed by atoms with E-state index >= 15 is 0 Å². The van der Waals surface area contributed by atoms with Gasteiger partial charge in [-0.25, -0.2) is 4.68 Å². The SMILES string of the molecule is Cc1ccc(C)c(-c2ccc(=O)n([C@@H](C)C(=O)Nc3ccccc3)n2)c1. The van der Waals surface area contributed by atoms with Gasteiger partial charge in [0.1, 0.15) is 6.04 Å². The maximum atomic E-state index is 12.5. The smallest absolute Gasteiger partial charge is 0.267 e. The Bertz CT molecular complexity index is 994. The molecule has 1 aromatic heterocycles. The number of hydrogen-bond acceptors (Lipinski definition) is 3. The summed E-state index contributed by atoms with van der Waals surface area (Å²) in [5, 5.41) is 7.26. The van der Waals surface area contributed by atoms with Crippen LogP contribution in [0.25, 0.3) is 11.3 Å². The zero-order chi connectivity index (χ0) is 18.7. The van der Waals surface area contributed by atoms with Gasteiger partial charge in [0.25, 0.3) is 5.56 Å². The standard InChI is InChI=1S/C21H21N3O2/c1-14-9-10-15(2)18(13-14)19-11-12-20(25)24(23-19)16(3)21(26)22-17-7-5-4-6-8-17/h4-13,16H,1-3H3,(H,22,26)/t16-/m0/s1. The van der Waals surface area contributed by atoms with Crippen LogP contribution in [-0.4, -0.2) is 15.7 Å². The lowest BCUT2D eigenvalue weighted by Gasteiger charge is -2.15.